The van der Waals surface area contributed by atoms with Crippen molar-refractivity contribution >= 4 is 6.09 Å². The fourth-order valence-corrected chi connectivity index (χ4v) is 2.17. The van der Waals surface area contributed by atoms with Crippen LogP contribution >= 0.6 is 0 Å². The SMILES string of the molecule is O=C(NCC=CC1CC=CCC1)OCc1ccccc1. The van der Waals surface area contributed by atoms with Crippen LogP contribution in [0.4, 0.5) is 4.79 Å². The van der Waals surface area contributed by atoms with Gasteiger partial charge in [-0.05, 0) is 30.7 Å². The van der Waals surface area contributed by atoms with Crippen molar-refractivity contribution in [2.24, 2.45) is 5.92 Å². The summed E-state index contributed by atoms with van der Waals surface area (Å²) in [6.07, 6.45) is 11.7. The van der Waals surface area contributed by atoms with Crippen molar-refractivity contribution < 1.29 is 9.53 Å². The highest BCUT2D eigenvalue weighted by Gasteiger charge is 2.05. The quantitative estimate of drug-likeness (QED) is 0.827. The smallest absolute Gasteiger partial charge is 0.407 e. The Bertz CT molecular complexity index is 465. The molecule has 0 radical (unpaired) electrons. The molecule has 3 nitrogen and oxygen atoms in total. The summed E-state index contributed by atoms with van der Waals surface area (Å²) in [4.78, 5) is 11.5. The lowest BCUT2D eigenvalue weighted by atomic mass is 9.94. The van der Waals surface area contributed by atoms with Gasteiger partial charge in [0.1, 0.15) is 6.61 Å². The van der Waals surface area contributed by atoms with E-state index in [-0.39, 0.29) is 6.09 Å². The second kappa shape index (κ2) is 8.20. The van der Waals surface area contributed by atoms with Gasteiger partial charge in [0.2, 0.25) is 0 Å². The highest BCUT2D eigenvalue weighted by molar-refractivity contribution is 5.67. The maximum atomic E-state index is 11.5. The van der Waals surface area contributed by atoms with Crippen LogP contribution in [0, 0.1) is 5.92 Å². The zero-order valence-electron chi connectivity index (χ0n) is 11.6. The van der Waals surface area contributed by atoms with Crippen LogP contribution in [-0.2, 0) is 11.3 Å². The molecule has 1 N–H and O–H groups in total. The maximum Gasteiger partial charge on any atom is 0.407 e. The Kier molecular flexibility index (Phi) is 5.90. The summed E-state index contributed by atoms with van der Waals surface area (Å²) in [6.45, 7) is 0.831. The van der Waals surface area contributed by atoms with Gasteiger partial charge in [-0.3, -0.25) is 0 Å². The Labute approximate surface area is 120 Å². The molecule has 1 amide bonds. The third-order valence-corrected chi connectivity index (χ3v) is 3.29. The summed E-state index contributed by atoms with van der Waals surface area (Å²) in [7, 11) is 0. The van der Waals surface area contributed by atoms with E-state index < -0.39 is 0 Å². The van der Waals surface area contributed by atoms with E-state index >= 15 is 0 Å². The molecule has 0 spiro atoms. The monoisotopic (exact) mass is 271 g/mol. The summed E-state index contributed by atoms with van der Waals surface area (Å²) in [5.74, 6) is 0.613. The topological polar surface area (TPSA) is 38.3 Å². The lowest BCUT2D eigenvalue weighted by Crippen LogP contribution is -2.24. The Morgan fingerprint density at radius 2 is 2.15 bits per heavy atom. The van der Waals surface area contributed by atoms with Gasteiger partial charge in [0.25, 0.3) is 0 Å². The van der Waals surface area contributed by atoms with Crippen molar-refractivity contribution in [1.29, 1.82) is 0 Å². The molecule has 1 aromatic carbocycles. The summed E-state index contributed by atoms with van der Waals surface area (Å²) in [5.41, 5.74) is 0.993. The number of carbonyl (C=O) groups is 1. The Balaban J connectivity index is 1.60. The fraction of sp³-hybridized carbons (Fsp3) is 0.353. The Morgan fingerprint density at radius 1 is 1.30 bits per heavy atom. The minimum atomic E-state index is -0.373. The van der Waals surface area contributed by atoms with E-state index in [4.69, 9.17) is 4.74 Å². The molecule has 3 heteroatoms. The molecule has 0 bridgehead atoms. The average molecular weight is 271 g/mol. The number of alkyl carbamates (subject to hydrolysis) is 1. The second-order valence-corrected chi connectivity index (χ2v) is 4.92. The predicted octanol–water partition coefficient (Wildman–Crippen LogP) is 3.83. The van der Waals surface area contributed by atoms with Crippen molar-refractivity contribution in [3.8, 4) is 0 Å². The molecule has 0 saturated heterocycles. The summed E-state index contributed by atoms with van der Waals surface area (Å²) >= 11 is 0. The molecule has 0 aromatic heterocycles. The lowest BCUT2D eigenvalue weighted by Gasteiger charge is -2.12. The Hall–Kier alpha value is -2.03. The zero-order valence-corrected chi connectivity index (χ0v) is 11.6. The molecule has 1 unspecified atom stereocenters. The first-order valence-corrected chi connectivity index (χ1v) is 7.11. The van der Waals surface area contributed by atoms with Crippen LogP contribution in [0.15, 0.2) is 54.6 Å². The third-order valence-electron chi connectivity index (χ3n) is 3.29. The van der Waals surface area contributed by atoms with Crippen LogP contribution in [0.1, 0.15) is 24.8 Å². The molecule has 1 aliphatic carbocycles. The van der Waals surface area contributed by atoms with Gasteiger partial charge in [-0.1, -0.05) is 54.6 Å². The molecule has 1 atom stereocenters. The van der Waals surface area contributed by atoms with Gasteiger partial charge in [0, 0.05) is 6.54 Å². The molecule has 2 rings (SSSR count). The maximum absolute atomic E-state index is 11.5. The van der Waals surface area contributed by atoms with E-state index in [1.807, 2.05) is 36.4 Å². The number of nitrogens with one attached hydrogen (secondary N) is 1. The molecule has 1 aliphatic rings. The molecule has 106 valence electrons. The van der Waals surface area contributed by atoms with Crippen LogP contribution in [0.2, 0.25) is 0 Å². The van der Waals surface area contributed by atoms with Crippen LogP contribution in [0.3, 0.4) is 0 Å². The van der Waals surface area contributed by atoms with Crippen molar-refractivity contribution in [1.82, 2.24) is 5.32 Å². The number of hydrogen-bond donors (Lipinski definition) is 1. The summed E-state index contributed by atoms with van der Waals surface area (Å²) in [6, 6.07) is 9.66. The van der Waals surface area contributed by atoms with Crippen molar-refractivity contribution in [2.75, 3.05) is 6.54 Å². The van der Waals surface area contributed by atoms with Gasteiger partial charge in [0.05, 0.1) is 0 Å². The summed E-state index contributed by atoms with van der Waals surface area (Å²) in [5, 5.41) is 2.73. The van der Waals surface area contributed by atoms with Crippen molar-refractivity contribution in [2.45, 2.75) is 25.9 Å². The van der Waals surface area contributed by atoms with E-state index in [0.29, 0.717) is 19.1 Å². The van der Waals surface area contributed by atoms with Crippen LogP contribution in [0.25, 0.3) is 0 Å². The molecular weight excluding hydrogens is 250 g/mol. The first kappa shape index (κ1) is 14.4. The molecule has 20 heavy (non-hydrogen) atoms. The standard InChI is InChI=1S/C17H21NO2/c19-17(20-14-16-10-5-2-6-11-16)18-13-7-12-15-8-3-1-4-9-15/h1-3,5-7,10-12,15H,4,8-9,13-14H2,(H,18,19). The lowest BCUT2D eigenvalue weighted by molar-refractivity contribution is 0.140. The number of carbonyl (C=O) groups excluding carboxylic acids is 1. The van der Waals surface area contributed by atoms with Gasteiger partial charge in [-0.25, -0.2) is 4.79 Å². The van der Waals surface area contributed by atoms with E-state index in [2.05, 4.69) is 23.5 Å². The van der Waals surface area contributed by atoms with Crippen molar-refractivity contribution in [3.05, 3.63) is 60.2 Å². The zero-order chi connectivity index (χ0) is 14.0. The first-order chi connectivity index (χ1) is 9.84. The molecular formula is C17H21NO2. The van der Waals surface area contributed by atoms with Crippen LogP contribution in [0.5, 0.6) is 0 Å². The van der Waals surface area contributed by atoms with E-state index in [1.54, 1.807) is 0 Å². The molecule has 0 aliphatic heterocycles. The number of rotatable bonds is 5. The molecule has 1 aromatic rings. The number of benzene rings is 1. The second-order valence-electron chi connectivity index (χ2n) is 4.92. The third kappa shape index (κ3) is 5.31. The minimum absolute atomic E-state index is 0.309. The van der Waals surface area contributed by atoms with Gasteiger partial charge < -0.3 is 10.1 Å². The normalized spacial score (nSPS) is 18.1. The number of hydrogen-bond acceptors (Lipinski definition) is 2. The minimum Gasteiger partial charge on any atom is -0.445 e. The molecule has 0 fully saturated rings. The van der Waals surface area contributed by atoms with E-state index in [9.17, 15) is 4.79 Å². The van der Waals surface area contributed by atoms with E-state index in [0.717, 1.165) is 18.4 Å². The number of allylic oxidation sites excluding steroid dienone is 3. The number of ether oxygens (including phenoxy) is 1. The largest absolute Gasteiger partial charge is 0.445 e. The van der Waals surface area contributed by atoms with Crippen LogP contribution in [-0.4, -0.2) is 12.6 Å². The van der Waals surface area contributed by atoms with Gasteiger partial charge in [-0.15, -0.1) is 0 Å². The molecule has 0 saturated carbocycles. The summed E-state index contributed by atoms with van der Waals surface area (Å²) < 4.78 is 5.13. The first-order valence-electron chi connectivity index (χ1n) is 7.11. The Morgan fingerprint density at radius 3 is 2.90 bits per heavy atom. The van der Waals surface area contributed by atoms with Crippen LogP contribution < -0.4 is 5.32 Å². The fourth-order valence-electron chi connectivity index (χ4n) is 2.17. The van der Waals surface area contributed by atoms with Gasteiger partial charge >= 0.3 is 6.09 Å². The van der Waals surface area contributed by atoms with E-state index in [1.165, 1.54) is 6.42 Å². The predicted molar refractivity (Wildman–Crippen MR) is 80.3 cm³/mol. The highest BCUT2D eigenvalue weighted by Crippen LogP contribution is 2.18. The number of amides is 1. The molecule has 0 heterocycles. The van der Waals surface area contributed by atoms with Crippen molar-refractivity contribution in [3.63, 3.8) is 0 Å². The average Bonchev–Trinajstić information content (AvgIpc) is 2.52. The van der Waals surface area contributed by atoms with Gasteiger partial charge in [-0.2, -0.15) is 0 Å². The highest BCUT2D eigenvalue weighted by atomic mass is 16.5. The van der Waals surface area contributed by atoms with Gasteiger partial charge in [0.15, 0.2) is 0 Å².